The van der Waals surface area contributed by atoms with Gasteiger partial charge in [-0.3, -0.25) is 4.90 Å². The number of hydrogen-bond acceptors (Lipinski definition) is 3. The highest BCUT2D eigenvalue weighted by molar-refractivity contribution is 14.1. The molecule has 0 spiro atoms. The van der Waals surface area contributed by atoms with Gasteiger partial charge >= 0.3 is 5.97 Å². The first kappa shape index (κ1) is 22.1. The van der Waals surface area contributed by atoms with E-state index in [-0.39, 0.29) is 23.2 Å². The molecule has 1 atom stereocenters. The summed E-state index contributed by atoms with van der Waals surface area (Å²) in [6, 6.07) is 4.01. The molecule has 0 aromatic heterocycles. The van der Waals surface area contributed by atoms with Crippen LogP contribution in [-0.2, 0) is 4.74 Å². The molecule has 0 bridgehead atoms. The highest BCUT2D eigenvalue weighted by Gasteiger charge is 2.47. The van der Waals surface area contributed by atoms with E-state index in [4.69, 9.17) is 4.74 Å². The Morgan fingerprint density at radius 3 is 2.36 bits per heavy atom. The number of halogens is 3. The average Bonchev–Trinajstić information content (AvgIpc) is 2.53. The van der Waals surface area contributed by atoms with Gasteiger partial charge in [-0.1, -0.05) is 13.8 Å². The molecule has 3 nitrogen and oxygen atoms in total. The van der Waals surface area contributed by atoms with Crippen molar-refractivity contribution in [3.8, 4) is 0 Å². The zero-order valence-corrected chi connectivity index (χ0v) is 21.9. The van der Waals surface area contributed by atoms with E-state index >= 15 is 0 Å². The third-order valence-electron chi connectivity index (χ3n) is 5.76. The fourth-order valence-electron chi connectivity index (χ4n) is 3.98. The van der Waals surface area contributed by atoms with Gasteiger partial charge in [0.2, 0.25) is 0 Å². The number of ether oxygens (including phenoxy) is 1. The maximum Gasteiger partial charge on any atom is 0.339 e. The molecule has 0 aliphatic carbocycles. The highest BCUT2D eigenvalue weighted by atomic mass is 127. The number of likely N-dealkylation sites (tertiary alicyclic amines) is 1. The first-order valence-corrected chi connectivity index (χ1v) is 11.9. The lowest BCUT2D eigenvalue weighted by atomic mass is 9.74. The minimum absolute atomic E-state index is 0.0158. The fourth-order valence-corrected chi connectivity index (χ4v) is 6.36. The molecule has 1 aliphatic rings. The lowest BCUT2D eigenvalue weighted by molar-refractivity contribution is -0.0905. The Morgan fingerprint density at radius 2 is 1.80 bits per heavy atom. The molecule has 2 rings (SSSR count). The number of rotatable bonds is 4. The second kappa shape index (κ2) is 8.46. The molecule has 140 valence electrons. The number of hydrogen-bond donors (Lipinski definition) is 0. The lowest BCUT2D eigenvalue weighted by Gasteiger charge is -2.55. The van der Waals surface area contributed by atoms with Crippen LogP contribution in [0.15, 0.2) is 12.1 Å². The van der Waals surface area contributed by atoms with Crippen LogP contribution in [0.4, 0.5) is 0 Å². The van der Waals surface area contributed by atoms with Crippen LogP contribution in [-0.4, -0.2) is 35.1 Å². The Kier molecular flexibility index (Phi) is 7.49. The summed E-state index contributed by atoms with van der Waals surface area (Å²) in [6.07, 6.45) is 3.87. The summed E-state index contributed by atoms with van der Waals surface area (Å²) < 4.78 is 9.17. The fraction of sp³-hybridized carbons (Fsp3) is 0.632. The van der Waals surface area contributed by atoms with Crippen molar-refractivity contribution in [1.29, 1.82) is 0 Å². The number of carbonyl (C=O) groups excluding carboxylic acids is 1. The van der Waals surface area contributed by atoms with Gasteiger partial charge < -0.3 is 4.74 Å². The van der Waals surface area contributed by atoms with Gasteiger partial charge in [-0.05, 0) is 114 Å². The standard InChI is InChI=1S/C19H26I3NO2/c1-6-19(7-2)11-13(10-18(3,4)23(19)5)25-17(24)14-8-12(20)9-15(21)16(14)22/h8-9,13H,6-7,10-11H2,1-5H3. The summed E-state index contributed by atoms with van der Waals surface area (Å²) in [6.45, 7) is 8.99. The van der Waals surface area contributed by atoms with Crippen molar-refractivity contribution in [2.75, 3.05) is 7.05 Å². The number of esters is 1. The van der Waals surface area contributed by atoms with Crippen LogP contribution < -0.4 is 0 Å². The van der Waals surface area contributed by atoms with Gasteiger partial charge in [0.05, 0.1) is 5.56 Å². The Morgan fingerprint density at radius 1 is 1.20 bits per heavy atom. The van der Waals surface area contributed by atoms with Crippen molar-refractivity contribution >= 4 is 73.7 Å². The molecule has 0 amide bonds. The van der Waals surface area contributed by atoms with E-state index in [2.05, 4.69) is 113 Å². The van der Waals surface area contributed by atoms with Gasteiger partial charge in [0.25, 0.3) is 0 Å². The number of benzene rings is 1. The molecular weight excluding hydrogens is 655 g/mol. The second-order valence-electron chi connectivity index (χ2n) is 7.49. The van der Waals surface area contributed by atoms with Crippen molar-refractivity contribution in [3.63, 3.8) is 0 Å². The molecule has 0 N–H and O–H groups in total. The quantitative estimate of drug-likeness (QED) is 0.219. The average molecular weight is 681 g/mol. The van der Waals surface area contributed by atoms with Crippen molar-refractivity contribution in [2.24, 2.45) is 0 Å². The Bertz CT molecular complexity index is 656. The lowest BCUT2D eigenvalue weighted by Crippen LogP contribution is -2.62. The minimum atomic E-state index is -0.188. The molecule has 0 radical (unpaired) electrons. The van der Waals surface area contributed by atoms with Gasteiger partial charge in [-0.15, -0.1) is 0 Å². The third-order valence-corrected chi connectivity index (χ3v) is 9.43. The Labute approximate surface area is 192 Å². The van der Waals surface area contributed by atoms with E-state index in [9.17, 15) is 4.79 Å². The predicted octanol–water partition coefficient (Wildman–Crippen LogP) is 6.09. The molecule has 1 aliphatic heterocycles. The molecule has 1 saturated heterocycles. The third kappa shape index (κ3) is 4.64. The maximum absolute atomic E-state index is 12.9. The van der Waals surface area contributed by atoms with Crippen LogP contribution in [0.5, 0.6) is 0 Å². The van der Waals surface area contributed by atoms with Crippen molar-refractivity contribution in [2.45, 2.75) is 70.6 Å². The van der Waals surface area contributed by atoms with E-state index in [1.165, 1.54) is 0 Å². The van der Waals surface area contributed by atoms with Gasteiger partial charge in [-0.25, -0.2) is 4.79 Å². The number of carbonyl (C=O) groups is 1. The number of piperidine rings is 1. The second-order valence-corrected chi connectivity index (χ2v) is 11.0. The number of nitrogens with zero attached hydrogens (tertiary/aromatic N) is 1. The van der Waals surface area contributed by atoms with Crippen LogP contribution in [0.1, 0.15) is 63.7 Å². The van der Waals surface area contributed by atoms with Gasteiger partial charge in [0, 0.05) is 34.6 Å². The normalized spacial score (nSPS) is 22.6. The van der Waals surface area contributed by atoms with Crippen LogP contribution in [0.2, 0.25) is 0 Å². The molecule has 1 aromatic carbocycles. The van der Waals surface area contributed by atoms with E-state index in [0.717, 1.165) is 36.4 Å². The molecule has 1 heterocycles. The molecule has 1 aromatic rings. The molecule has 6 heteroatoms. The van der Waals surface area contributed by atoms with Crippen LogP contribution >= 0.6 is 67.8 Å². The summed E-state index contributed by atoms with van der Waals surface area (Å²) in [5, 5.41) is 0. The first-order valence-electron chi connectivity index (χ1n) is 8.65. The maximum atomic E-state index is 12.9. The van der Waals surface area contributed by atoms with E-state index < -0.39 is 0 Å². The minimum Gasteiger partial charge on any atom is -0.459 e. The van der Waals surface area contributed by atoms with Crippen molar-refractivity contribution in [1.82, 2.24) is 4.90 Å². The van der Waals surface area contributed by atoms with E-state index in [1.54, 1.807) is 0 Å². The van der Waals surface area contributed by atoms with Gasteiger partial charge in [0.15, 0.2) is 0 Å². The smallest absolute Gasteiger partial charge is 0.339 e. The van der Waals surface area contributed by atoms with E-state index in [1.807, 2.05) is 6.07 Å². The zero-order valence-electron chi connectivity index (χ0n) is 15.5. The Balaban J connectivity index is 2.26. The first-order chi connectivity index (χ1) is 11.6. The SMILES string of the molecule is CCC1(CC)CC(OC(=O)c2cc(I)cc(I)c2I)CC(C)(C)N1C. The molecular formula is C19H26I3NO2. The summed E-state index contributed by atoms with van der Waals surface area (Å²) in [5.74, 6) is -0.188. The molecule has 0 saturated carbocycles. The van der Waals surface area contributed by atoms with Gasteiger partial charge in [0.1, 0.15) is 6.10 Å². The summed E-state index contributed by atoms with van der Waals surface area (Å²) in [7, 11) is 2.22. The predicted molar refractivity (Wildman–Crippen MR) is 128 cm³/mol. The van der Waals surface area contributed by atoms with Crippen LogP contribution in [0.3, 0.4) is 0 Å². The van der Waals surface area contributed by atoms with Gasteiger partial charge in [-0.2, -0.15) is 0 Å². The zero-order chi connectivity index (χ0) is 19.0. The van der Waals surface area contributed by atoms with Crippen LogP contribution in [0.25, 0.3) is 0 Å². The summed E-state index contributed by atoms with van der Waals surface area (Å²) in [4.78, 5) is 15.4. The van der Waals surface area contributed by atoms with Crippen molar-refractivity contribution < 1.29 is 9.53 Å². The van der Waals surface area contributed by atoms with E-state index in [0.29, 0.717) is 5.56 Å². The monoisotopic (exact) mass is 681 g/mol. The highest BCUT2D eigenvalue weighted by Crippen LogP contribution is 2.42. The molecule has 25 heavy (non-hydrogen) atoms. The van der Waals surface area contributed by atoms with Crippen molar-refractivity contribution in [3.05, 3.63) is 28.4 Å². The molecule has 1 fully saturated rings. The van der Waals surface area contributed by atoms with Crippen LogP contribution in [0, 0.1) is 10.7 Å². The topological polar surface area (TPSA) is 29.5 Å². The Hall–Kier alpha value is 0.840. The largest absolute Gasteiger partial charge is 0.459 e. The summed E-state index contributed by atoms with van der Waals surface area (Å²) in [5.41, 5.74) is 0.800. The summed E-state index contributed by atoms with van der Waals surface area (Å²) >= 11 is 6.78. The molecule has 1 unspecified atom stereocenters.